The molecular weight excluding hydrogens is 733 g/mol. The van der Waals surface area contributed by atoms with Crippen LogP contribution in [0.15, 0.2) is 63.0 Å². The third-order valence-electron chi connectivity index (χ3n) is 8.09. The van der Waals surface area contributed by atoms with E-state index in [-0.39, 0.29) is 53.5 Å². The average Bonchev–Trinajstić information content (AvgIpc) is 3.77. The fraction of sp³-hybridized carbons (Fsp3) is 0.182. The number of halogens is 3. The van der Waals surface area contributed by atoms with Gasteiger partial charge in [-0.1, -0.05) is 46.9 Å². The summed E-state index contributed by atoms with van der Waals surface area (Å²) in [4.78, 5) is 58.1. The largest absolute Gasteiger partial charge is 0.493 e. The number of amides is 2. The number of imide groups is 1. The highest BCUT2D eigenvalue weighted by Gasteiger charge is 2.36. The van der Waals surface area contributed by atoms with Gasteiger partial charge in [-0.05, 0) is 64.9 Å². The summed E-state index contributed by atoms with van der Waals surface area (Å²) in [5, 5.41) is 0.678. The number of carbonyl (C=O) groups excluding carboxylic acids is 2. The molecule has 2 aromatic heterocycles. The quantitative estimate of drug-likeness (QED) is 0.168. The maximum atomic E-state index is 13.4. The molecule has 7 rings (SSSR count). The minimum absolute atomic E-state index is 0.0151. The Labute approximate surface area is 302 Å². The molecule has 17 heteroatoms. The minimum atomic E-state index is -0.576. The monoisotopic (exact) mass is 755 g/mol. The van der Waals surface area contributed by atoms with Crippen LogP contribution in [-0.4, -0.2) is 48.6 Å². The highest BCUT2D eigenvalue weighted by atomic mass is 35.5. The number of aryl methyl sites for hydroxylation is 1. The molecule has 5 aromatic rings. The van der Waals surface area contributed by atoms with E-state index in [1.165, 1.54) is 30.3 Å². The van der Waals surface area contributed by atoms with Crippen LogP contribution in [-0.2, 0) is 32.0 Å². The molecule has 2 aliphatic rings. The van der Waals surface area contributed by atoms with Crippen LogP contribution in [0.4, 0.5) is 4.79 Å². The fourth-order valence-corrected chi connectivity index (χ4v) is 6.99. The second-order valence-electron chi connectivity index (χ2n) is 11.2. The Morgan fingerprint density at radius 3 is 2.36 bits per heavy atom. The molecule has 0 aliphatic carbocycles. The number of imidazole rings is 1. The number of benzene rings is 3. The first-order chi connectivity index (χ1) is 23.9. The topological polar surface area (TPSA) is 136 Å². The Balaban J connectivity index is 1.20. The smallest absolute Gasteiger partial charge is 0.332 e. The van der Waals surface area contributed by atoms with E-state index in [9.17, 15) is 19.2 Å². The van der Waals surface area contributed by atoms with Gasteiger partial charge in [-0.25, -0.2) is 4.79 Å². The third-order valence-corrected chi connectivity index (χ3v) is 9.93. The van der Waals surface area contributed by atoms with Crippen molar-refractivity contribution in [2.45, 2.75) is 13.1 Å². The van der Waals surface area contributed by atoms with Crippen molar-refractivity contribution in [3.63, 3.8) is 0 Å². The third kappa shape index (κ3) is 5.98. The molecule has 50 heavy (non-hydrogen) atoms. The van der Waals surface area contributed by atoms with E-state index in [1.54, 1.807) is 54.6 Å². The molecule has 0 radical (unpaired) electrons. The fourth-order valence-electron chi connectivity index (χ4n) is 5.47. The zero-order valence-electron chi connectivity index (χ0n) is 26.4. The number of ether oxygens (including phenoxy) is 4. The van der Waals surface area contributed by atoms with Crippen LogP contribution >= 0.6 is 46.6 Å². The molecule has 256 valence electrons. The first-order valence-corrected chi connectivity index (χ1v) is 16.7. The van der Waals surface area contributed by atoms with Crippen LogP contribution in [0.2, 0.25) is 15.1 Å². The van der Waals surface area contributed by atoms with Crippen molar-refractivity contribution in [3.05, 3.63) is 106 Å². The second kappa shape index (κ2) is 13.1. The molecular formula is C33H24Cl3N5O8S. The number of nitrogens with zero attached hydrogens (tertiary/aromatic N) is 5. The van der Waals surface area contributed by atoms with E-state index in [0.717, 1.165) is 21.2 Å². The Hall–Kier alpha value is -4.89. The zero-order valence-corrected chi connectivity index (χ0v) is 29.4. The first kappa shape index (κ1) is 33.6. The van der Waals surface area contributed by atoms with Crippen LogP contribution in [0.3, 0.4) is 0 Å². The Bertz CT molecular complexity index is 2420. The molecule has 2 amide bonds. The normalized spacial score (nSPS) is 14.8. The molecule has 0 atom stereocenters. The van der Waals surface area contributed by atoms with E-state index in [4.69, 9.17) is 53.8 Å². The number of hydrogen-bond acceptors (Lipinski definition) is 10. The predicted octanol–water partition coefficient (Wildman–Crippen LogP) is 6.21. The lowest BCUT2D eigenvalue weighted by atomic mass is 10.1. The summed E-state index contributed by atoms with van der Waals surface area (Å²) in [7, 11) is 4.31. The van der Waals surface area contributed by atoms with E-state index >= 15 is 0 Å². The van der Waals surface area contributed by atoms with Crippen molar-refractivity contribution in [1.82, 2.24) is 23.6 Å². The SMILES string of the molecule is COc1cc(C=C2SC(=O)N(Cc3cc4c(cc3Cl)OCO4)C2=O)ccc1Oc1nc2c(c(=O)n(C)c(=O)n2C)n1Cc1ccc(Cl)cc1Cl. The number of aromatic nitrogens is 4. The van der Waals surface area contributed by atoms with E-state index in [0.29, 0.717) is 43.3 Å². The van der Waals surface area contributed by atoms with Gasteiger partial charge < -0.3 is 18.9 Å². The molecule has 3 aromatic carbocycles. The van der Waals surface area contributed by atoms with E-state index in [2.05, 4.69) is 4.98 Å². The maximum absolute atomic E-state index is 13.4. The van der Waals surface area contributed by atoms with Crippen molar-refractivity contribution in [3.8, 4) is 29.0 Å². The lowest BCUT2D eigenvalue weighted by molar-refractivity contribution is -0.123. The molecule has 0 unspecified atom stereocenters. The highest BCUT2D eigenvalue weighted by Crippen LogP contribution is 2.40. The summed E-state index contributed by atoms with van der Waals surface area (Å²) in [6.07, 6.45) is 1.57. The maximum Gasteiger partial charge on any atom is 0.332 e. The molecule has 0 N–H and O–H groups in total. The number of thioether (sulfide) groups is 1. The highest BCUT2D eigenvalue weighted by molar-refractivity contribution is 8.18. The van der Waals surface area contributed by atoms with Gasteiger partial charge >= 0.3 is 11.7 Å². The van der Waals surface area contributed by atoms with Gasteiger partial charge in [-0.2, -0.15) is 4.98 Å². The molecule has 0 bridgehead atoms. The number of carbonyl (C=O) groups is 2. The second-order valence-corrected chi connectivity index (χ2v) is 13.4. The van der Waals surface area contributed by atoms with Crippen molar-refractivity contribution in [2.24, 2.45) is 14.1 Å². The molecule has 0 spiro atoms. The summed E-state index contributed by atoms with van der Waals surface area (Å²) in [5.74, 6) is 0.963. The van der Waals surface area contributed by atoms with Gasteiger partial charge in [-0.15, -0.1) is 0 Å². The minimum Gasteiger partial charge on any atom is -0.493 e. The molecule has 1 saturated heterocycles. The van der Waals surface area contributed by atoms with Gasteiger partial charge in [0.05, 0.1) is 25.1 Å². The Kier molecular flexibility index (Phi) is 8.80. The molecule has 13 nitrogen and oxygen atoms in total. The molecule has 0 saturated carbocycles. The Morgan fingerprint density at radius 2 is 1.62 bits per heavy atom. The van der Waals surface area contributed by atoms with Crippen LogP contribution in [0.25, 0.3) is 17.2 Å². The van der Waals surface area contributed by atoms with Gasteiger partial charge in [0.15, 0.2) is 34.2 Å². The van der Waals surface area contributed by atoms with Crippen LogP contribution in [0.1, 0.15) is 16.7 Å². The zero-order chi connectivity index (χ0) is 35.4. The summed E-state index contributed by atoms with van der Waals surface area (Å²) in [5.41, 5.74) is 0.772. The molecule has 4 heterocycles. The van der Waals surface area contributed by atoms with Crippen LogP contribution < -0.4 is 30.2 Å². The van der Waals surface area contributed by atoms with Gasteiger partial charge in [0.2, 0.25) is 6.79 Å². The van der Waals surface area contributed by atoms with Crippen molar-refractivity contribution in [1.29, 1.82) is 0 Å². The molecule has 2 aliphatic heterocycles. The number of rotatable bonds is 8. The summed E-state index contributed by atoms with van der Waals surface area (Å²) >= 11 is 19.8. The summed E-state index contributed by atoms with van der Waals surface area (Å²) in [6, 6.07) is 13.1. The van der Waals surface area contributed by atoms with Gasteiger partial charge in [-0.3, -0.25) is 33.0 Å². The Morgan fingerprint density at radius 1 is 0.880 bits per heavy atom. The standard InChI is InChI=1S/C33H24Cl3N5O8S/c1-38-28-27(30(43)39(2)32(38)44)40(13-17-5-6-19(34)11-20(17)35)31(37-28)49-22-7-4-16(8-23(22)46-3)9-26-29(42)41(33(45)50-26)14-18-10-24-25(12-21(18)36)48-15-47-24/h4-12H,13-15H2,1-3H3. The lowest BCUT2D eigenvalue weighted by Crippen LogP contribution is -2.37. The number of methoxy groups -OCH3 is 1. The van der Waals surface area contributed by atoms with Crippen LogP contribution in [0.5, 0.6) is 29.0 Å². The average molecular weight is 757 g/mol. The van der Waals surface area contributed by atoms with E-state index in [1.807, 2.05) is 0 Å². The predicted molar refractivity (Wildman–Crippen MR) is 188 cm³/mol. The summed E-state index contributed by atoms with van der Waals surface area (Å²) in [6.45, 7) is 0.0690. The summed E-state index contributed by atoms with van der Waals surface area (Å²) < 4.78 is 26.3. The van der Waals surface area contributed by atoms with Crippen molar-refractivity contribution in [2.75, 3.05) is 13.9 Å². The van der Waals surface area contributed by atoms with Gasteiger partial charge in [0.25, 0.3) is 16.7 Å². The van der Waals surface area contributed by atoms with E-state index < -0.39 is 22.4 Å². The number of fused-ring (bicyclic) bond motifs is 2. The first-order valence-electron chi connectivity index (χ1n) is 14.7. The number of hydrogen-bond donors (Lipinski definition) is 0. The van der Waals surface area contributed by atoms with Gasteiger partial charge in [0, 0.05) is 35.2 Å². The van der Waals surface area contributed by atoms with Gasteiger partial charge in [0.1, 0.15) is 0 Å². The lowest BCUT2D eigenvalue weighted by Gasteiger charge is -2.14. The van der Waals surface area contributed by atoms with Crippen molar-refractivity contribution >= 4 is 75.0 Å². The molecule has 1 fully saturated rings. The van der Waals surface area contributed by atoms with Crippen molar-refractivity contribution < 1.29 is 28.5 Å². The van der Waals surface area contributed by atoms with Crippen LogP contribution in [0, 0.1) is 0 Å².